The van der Waals surface area contributed by atoms with E-state index >= 15 is 0 Å². The molecule has 2 N–H and O–H groups in total. The van der Waals surface area contributed by atoms with E-state index in [1.165, 1.54) is 11.8 Å². The smallest absolute Gasteiger partial charge is 0.308 e. The lowest BCUT2D eigenvalue weighted by molar-refractivity contribution is -0.119. The molecule has 2 aromatic heterocycles. The Labute approximate surface area is 158 Å². The minimum absolute atomic E-state index is 0.399. The Kier molecular flexibility index (Phi) is 5.69. The van der Waals surface area contributed by atoms with E-state index in [0.717, 1.165) is 10.7 Å². The van der Waals surface area contributed by atoms with Gasteiger partial charge in [-0.2, -0.15) is 0 Å². The molecule has 3 aromatic rings. The first-order valence-electron chi connectivity index (χ1n) is 7.81. The lowest BCUT2D eigenvalue weighted by Gasteiger charge is -2.11. The van der Waals surface area contributed by atoms with Crippen LogP contribution in [0.2, 0.25) is 0 Å². The molecule has 0 radical (unpaired) electrons. The summed E-state index contributed by atoms with van der Waals surface area (Å²) in [6, 6.07) is 12.3. The topological polar surface area (TPSA) is 88.9 Å². The van der Waals surface area contributed by atoms with Crippen LogP contribution in [0.3, 0.4) is 0 Å². The second kappa shape index (κ2) is 8.15. The minimum Gasteiger partial charge on any atom is -0.308 e. The van der Waals surface area contributed by atoms with Gasteiger partial charge in [0.2, 0.25) is 5.91 Å². The molecule has 3 rings (SSSR count). The summed E-state index contributed by atoms with van der Waals surface area (Å²) in [7, 11) is 1.85. The van der Waals surface area contributed by atoms with Crippen LogP contribution in [0.5, 0.6) is 0 Å². The Bertz CT molecular complexity index is 893. The van der Waals surface area contributed by atoms with Gasteiger partial charge in [-0.25, -0.2) is 4.79 Å². The SMILES string of the molecule is CC(Sc1nnc(-c2cccs2)n1C)C(=O)NC(=O)Nc1ccccc1. The summed E-state index contributed by atoms with van der Waals surface area (Å²) in [5.41, 5.74) is 0.618. The van der Waals surface area contributed by atoms with E-state index < -0.39 is 17.2 Å². The Morgan fingerprint density at radius 3 is 2.62 bits per heavy atom. The highest BCUT2D eigenvalue weighted by Gasteiger charge is 2.21. The van der Waals surface area contributed by atoms with Crippen LogP contribution in [0.15, 0.2) is 53.0 Å². The number of anilines is 1. The van der Waals surface area contributed by atoms with E-state index in [2.05, 4.69) is 20.8 Å². The fourth-order valence-electron chi connectivity index (χ4n) is 2.15. The Morgan fingerprint density at radius 1 is 1.15 bits per heavy atom. The van der Waals surface area contributed by atoms with E-state index in [9.17, 15) is 9.59 Å². The van der Waals surface area contributed by atoms with Crippen LogP contribution in [-0.4, -0.2) is 32.0 Å². The molecule has 134 valence electrons. The van der Waals surface area contributed by atoms with Crippen molar-refractivity contribution in [2.45, 2.75) is 17.3 Å². The van der Waals surface area contributed by atoms with Gasteiger partial charge < -0.3 is 9.88 Å². The van der Waals surface area contributed by atoms with Crippen LogP contribution in [0.25, 0.3) is 10.7 Å². The number of thioether (sulfide) groups is 1. The molecule has 2 heterocycles. The molecule has 9 heteroatoms. The number of nitrogens with zero attached hydrogens (tertiary/aromatic N) is 3. The number of benzene rings is 1. The third-order valence-electron chi connectivity index (χ3n) is 3.50. The Morgan fingerprint density at radius 2 is 1.92 bits per heavy atom. The highest BCUT2D eigenvalue weighted by atomic mass is 32.2. The van der Waals surface area contributed by atoms with Crippen molar-refractivity contribution in [3.05, 3.63) is 47.8 Å². The number of amides is 3. The maximum Gasteiger partial charge on any atom is 0.325 e. The third kappa shape index (κ3) is 4.30. The van der Waals surface area contributed by atoms with Crippen molar-refractivity contribution in [2.24, 2.45) is 7.05 Å². The van der Waals surface area contributed by atoms with Gasteiger partial charge in [-0.3, -0.25) is 10.1 Å². The van der Waals surface area contributed by atoms with Gasteiger partial charge in [0.05, 0.1) is 10.1 Å². The standard InChI is InChI=1S/C17H17N5O2S2/c1-11(15(23)19-16(24)18-12-7-4-3-5-8-12)26-17-21-20-14(22(17)2)13-9-6-10-25-13/h3-11H,1-2H3,(H2,18,19,23,24). The minimum atomic E-state index is -0.564. The first-order valence-corrected chi connectivity index (χ1v) is 9.57. The van der Waals surface area contributed by atoms with E-state index in [4.69, 9.17) is 0 Å². The van der Waals surface area contributed by atoms with Crippen molar-refractivity contribution in [3.63, 3.8) is 0 Å². The fourth-order valence-corrected chi connectivity index (χ4v) is 3.71. The molecule has 0 aliphatic rings. The summed E-state index contributed by atoms with van der Waals surface area (Å²) in [5, 5.41) is 15.3. The van der Waals surface area contributed by atoms with Crippen LogP contribution in [0, 0.1) is 0 Å². The quantitative estimate of drug-likeness (QED) is 0.655. The summed E-state index contributed by atoms with van der Waals surface area (Å²) in [5.74, 6) is 0.348. The van der Waals surface area contributed by atoms with Crippen LogP contribution < -0.4 is 10.6 Å². The normalized spacial score (nSPS) is 11.8. The summed E-state index contributed by atoms with van der Waals surface area (Å²) < 4.78 is 1.84. The largest absolute Gasteiger partial charge is 0.325 e. The molecular weight excluding hydrogens is 370 g/mol. The van der Waals surface area contributed by atoms with Gasteiger partial charge in [0.25, 0.3) is 0 Å². The van der Waals surface area contributed by atoms with Gasteiger partial charge in [0, 0.05) is 12.7 Å². The number of imide groups is 1. The first-order chi connectivity index (χ1) is 12.5. The lowest BCUT2D eigenvalue weighted by atomic mass is 10.3. The summed E-state index contributed by atoms with van der Waals surface area (Å²) in [6.45, 7) is 1.72. The molecule has 0 spiro atoms. The molecule has 26 heavy (non-hydrogen) atoms. The predicted molar refractivity (Wildman–Crippen MR) is 103 cm³/mol. The summed E-state index contributed by atoms with van der Waals surface area (Å²) >= 11 is 2.82. The summed E-state index contributed by atoms with van der Waals surface area (Å²) in [6.07, 6.45) is 0. The van der Waals surface area contributed by atoms with Crippen molar-refractivity contribution in [1.29, 1.82) is 0 Å². The lowest BCUT2D eigenvalue weighted by Crippen LogP contribution is -2.38. The fraction of sp³-hybridized carbons (Fsp3) is 0.176. The zero-order valence-electron chi connectivity index (χ0n) is 14.2. The van der Waals surface area contributed by atoms with Crippen molar-refractivity contribution >= 4 is 40.7 Å². The number of carbonyl (C=O) groups excluding carboxylic acids is 2. The maximum atomic E-state index is 12.2. The van der Waals surface area contributed by atoms with Crippen molar-refractivity contribution in [2.75, 3.05) is 5.32 Å². The highest BCUT2D eigenvalue weighted by molar-refractivity contribution is 8.00. The molecule has 1 aromatic carbocycles. The molecular formula is C17H17N5O2S2. The average molecular weight is 387 g/mol. The number of nitrogens with one attached hydrogen (secondary N) is 2. The number of thiophene rings is 1. The molecule has 0 bridgehead atoms. The molecule has 1 unspecified atom stereocenters. The van der Waals surface area contributed by atoms with Crippen molar-refractivity contribution in [1.82, 2.24) is 20.1 Å². The average Bonchev–Trinajstić information content (AvgIpc) is 3.26. The van der Waals surface area contributed by atoms with Gasteiger partial charge in [0.1, 0.15) is 0 Å². The van der Waals surface area contributed by atoms with Crippen LogP contribution in [-0.2, 0) is 11.8 Å². The van der Waals surface area contributed by atoms with Crippen molar-refractivity contribution in [3.8, 4) is 10.7 Å². The number of para-hydroxylation sites is 1. The van der Waals surface area contributed by atoms with Crippen LogP contribution in [0.1, 0.15) is 6.92 Å². The van der Waals surface area contributed by atoms with Gasteiger partial charge in [0.15, 0.2) is 11.0 Å². The highest BCUT2D eigenvalue weighted by Crippen LogP contribution is 2.27. The third-order valence-corrected chi connectivity index (χ3v) is 5.50. The molecule has 1 atom stereocenters. The number of hydrogen-bond acceptors (Lipinski definition) is 6. The van der Waals surface area contributed by atoms with Gasteiger partial charge in [-0.05, 0) is 30.5 Å². The van der Waals surface area contributed by atoms with E-state index in [1.54, 1.807) is 42.5 Å². The van der Waals surface area contributed by atoms with Crippen LogP contribution >= 0.6 is 23.1 Å². The maximum absolute atomic E-state index is 12.2. The first kappa shape index (κ1) is 18.2. The molecule has 7 nitrogen and oxygen atoms in total. The predicted octanol–water partition coefficient (Wildman–Crippen LogP) is 3.37. The van der Waals surface area contributed by atoms with Crippen molar-refractivity contribution < 1.29 is 9.59 Å². The van der Waals surface area contributed by atoms with Gasteiger partial charge in [-0.1, -0.05) is 36.0 Å². The zero-order chi connectivity index (χ0) is 18.5. The monoisotopic (exact) mass is 387 g/mol. The van der Waals surface area contributed by atoms with Gasteiger partial charge in [-0.15, -0.1) is 21.5 Å². The van der Waals surface area contributed by atoms with E-state index in [1.807, 2.05) is 35.2 Å². The van der Waals surface area contributed by atoms with E-state index in [-0.39, 0.29) is 0 Å². The number of hydrogen-bond donors (Lipinski definition) is 2. The molecule has 0 aliphatic carbocycles. The molecule has 0 fully saturated rings. The van der Waals surface area contributed by atoms with Gasteiger partial charge >= 0.3 is 6.03 Å². The summed E-state index contributed by atoms with van der Waals surface area (Å²) in [4.78, 5) is 25.2. The number of carbonyl (C=O) groups is 2. The number of urea groups is 1. The Balaban J connectivity index is 1.58. The molecule has 3 amide bonds. The number of aromatic nitrogens is 3. The number of rotatable bonds is 5. The Hall–Kier alpha value is -2.65. The second-order valence-corrected chi connectivity index (χ2v) is 7.67. The van der Waals surface area contributed by atoms with Crippen LogP contribution in [0.4, 0.5) is 10.5 Å². The molecule has 0 saturated heterocycles. The molecule has 0 saturated carbocycles. The van der Waals surface area contributed by atoms with E-state index in [0.29, 0.717) is 10.8 Å². The zero-order valence-corrected chi connectivity index (χ0v) is 15.8. The molecule has 0 aliphatic heterocycles. The second-order valence-electron chi connectivity index (χ2n) is 5.41.